The summed E-state index contributed by atoms with van der Waals surface area (Å²) < 4.78 is 0. The van der Waals surface area contributed by atoms with Crippen LogP contribution < -0.4 is 75.7 Å². The molecule has 3 aromatic heterocycles. The lowest BCUT2D eigenvalue weighted by molar-refractivity contribution is -0.149. The van der Waals surface area contributed by atoms with Crippen molar-refractivity contribution in [1.82, 2.24) is 103 Å². The van der Waals surface area contributed by atoms with Crippen molar-refractivity contribution in [1.29, 1.82) is 0 Å². The van der Waals surface area contributed by atoms with E-state index in [2.05, 4.69) is 85.0 Å². The van der Waals surface area contributed by atoms with Crippen molar-refractivity contribution in [2.24, 2.45) is 17.2 Å². The number of nitrogens with one attached hydrogen (secondary N) is 14. The van der Waals surface area contributed by atoms with E-state index in [-0.39, 0.29) is 82.3 Å². The molecule has 3 aromatic carbocycles. The van der Waals surface area contributed by atoms with Crippen molar-refractivity contribution < 1.29 is 101 Å². The number of carboxylic acid groups (broad SMARTS) is 1. The van der Waals surface area contributed by atoms with Crippen molar-refractivity contribution in [2.45, 2.75) is 202 Å². The average molecular weight is 1880 g/mol. The number of hydrogen-bond donors (Lipinski definition) is 19. The third kappa shape index (κ3) is 30.7. The SMILES string of the molecule is C=C[C@H]1C(=O)N[C@@H](CC(N)=O)C(=O)N2CCC[C@H]2C(=O)N[C@@H](Cc2cnc[nH]2)C(=O)N[C@@H](CC(=O)O)C(=O)N(C)CC(=O)N[C@@H](Cc2c[nH]c3ccccc23)C(=O)N[C@@H](CO)C(=O)N[C@@H](Cc2c[nH]c3ccccc23)C(=O)N(C)[C@@H](CCCC)C(=O)N(C)[C@@H](CCCC)C(=O)N[C@@H](CCCNC(N)=O)C(=O)N[C@H](CC(=O)NCC(N)=O)CSCC(=O)N[C@@H](Cc2ccccc2)C(=O)N1C. The number of rotatable bonds is 28. The Morgan fingerprint density at radius 2 is 1.06 bits per heavy atom. The van der Waals surface area contributed by atoms with Gasteiger partial charge in [-0.25, -0.2) is 9.78 Å². The molecule has 0 unspecified atom stereocenters. The van der Waals surface area contributed by atoms with Crippen LogP contribution in [0.15, 0.2) is 116 Å². The number of aromatic amines is 3. The van der Waals surface area contributed by atoms with E-state index < -0.39 is 242 Å². The number of likely N-dealkylation sites (N-methyl/N-ethyl adjacent to an activating group) is 4. The molecule has 22 N–H and O–H groups in total. The van der Waals surface area contributed by atoms with Crippen LogP contribution in [0.1, 0.15) is 120 Å². The summed E-state index contributed by atoms with van der Waals surface area (Å²) in [6, 6.07) is 0.415. The molecule has 0 saturated carbocycles. The fourth-order valence-electron chi connectivity index (χ4n) is 15.8. The summed E-state index contributed by atoms with van der Waals surface area (Å²) in [7, 11) is 4.94. The van der Waals surface area contributed by atoms with Gasteiger partial charge in [0.2, 0.25) is 100 Å². The molecular formula is C89H121N23O21S. The molecule has 0 bridgehead atoms. The van der Waals surface area contributed by atoms with Gasteiger partial charge >= 0.3 is 12.0 Å². The second kappa shape index (κ2) is 51.5. The number of amides is 19. The van der Waals surface area contributed by atoms with Crippen molar-refractivity contribution in [3.8, 4) is 0 Å². The van der Waals surface area contributed by atoms with Crippen LogP contribution in [0.4, 0.5) is 4.79 Å². The van der Waals surface area contributed by atoms with E-state index in [1.54, 1.807) is 91.3 Å². The standard InChI is InChI=1S/C89H121N23O21S/c1-8-11-29-68-82(126)102-59(28-20-32-94-89(92)133)77(121)99-54(38-73(116)97-44-72(91)115)47-134-48-75(118)101-62(34-50-22-14-13-15-23-50)85(129)109(5)67(10-3)81(125)106-64(39-71(90)114)87(131)112-33-21-31-69(112)83(127)103-61(37-53-43-93-49-98-53)79(123)105-65(40-76(119)120)84(128)108(4)45-74(117)100-60(35-51-41-95-57-26-18-16-24-55(51)57)78(122)107-66(46-113)80(124)104-63(36-52-42-96-58-27-19-17-25-56(52)58)86(130)111(7)70(30-12-9-2)88(132)110(68)6/h10,13-19,22-27,41-43,49,54,59-70,95-96,113H,3,8-9,11-12,20-21,28-40,44-48H2,1-2,4-7H3,(H2,90,114)(H2,91,115)(H,93,98)(H,97,116)(H,99,121)(H,100,117)(H,101,118)(H,102,126)(H,103,127)(H,104,124)(H,105,123)(H,106,125)(H,107,122)(H,119,120)(H3,92,94,133)/t54-,59+,60+,61+,62+,63+,64+,65+,66+,67+,68+,69+,70+/m1/s1. The van der Waals surface area contributed by atoms with Gasteiger partial charge in [-0.3, -0.25) is 86.3 Å². The number of H-pyrrole nitrogens is 3. The van der Waals surface area contributed by atoms with Crippen LogP contribution in [-0.2, 0) is 112 Å². The number of hydrogen-bond acceptors (Lipinski definition) is 22. The van der Waals surface area contributed by atoms with Crippen LogP contribution in [0.3, 0.4) is 0 Å². The van der Waals surface area contributed by atoms with E-state index in [9.17, 15) is 77.3 Å². The molecule has 6 aromatic rings. The molecule has 8 rings (SSSR count). The van der Waals surface area contributed by atoms with Gasteiger partial charge < -0.3 is 125 Å². The fraction of sp³-hybridized carbons (Fsp3) is 0.483. The number of para-hydroxylation sites is 2. The Morgan fingerprint density at radius 3 is 1.66 bits per heavy atom. The summed E-state index contributed by atoms with van der Waals surface area (Å²) in [5.74, 6) is -19.1. The summed E-state index contributed by atoms with van der Waals surface area (Å²) >= 11 is 0.861. The number of carbonyl (C=O) groups excluding carboxylic acids is 18. The van der Waals surface area contributed by atoms with E-state index in [1.165, 1.54) is 33.7 Å². The number of urea groups is 1. The van der Waals surface area contributed by atoms with Gasteiger partial charge in [-0.05, 0) is 67.3 Å². The molecule has 19 amide bonds. The quantitative estimate of drug-likeness (QED) is 0.0172. The molecule has 45 heteroatoms. The molecule has 0 aliphatic carbocycles. The largest absolute Gasteiger partial charge is 0.481 e. The van der Waals surface area contributed by atoms with Gasteiger partial charge in [0.25, 0.3) is 0 Å². The van der Waals surface area contributed by atoms with Crippen molar-refractivity contribution in [3.05, 3.63) is 139 Å². The molecule has 2 aliphatic heterocycles. The van der Waals surface area contributed by atoms with Gasteiger partial charge in [-0.1, -0.05) is 112 Å². The number of primary amides is 3. The zero-order valence-electron chi connectivity index (χ0n) is 75.6. The minimum atomic E-state index is -2.00. The first-order valence-corrected chi connectivity index (χ1v) is 45.2. The van der Waals surface area contributed by atoms with Crippen LogP contribution in [0.2, 0.25) is 0 Å². The Labute approximate surface area is 776 Å². The molecule has 2 fully saturated rings. The smallest absolute Gasteiger partial charge is 0.312 e. The van der Waals surface area contributed by atoms with Gasteiger partial charge in [-0.15, -0.1) is 18.3 Å². The topological polar surface area (TPSA) is 652 Å². The highest BCUT2D eigenvalue weighted by atomic mass is 32.2. The first-order chi connectivity index (χ1) is 63.9. The van der Waals surface area contributed by atoms with E-state index in [1.807, 2.05) is 13.8 Å². The zero-order chi connectivity index (χ0) is 98.0. The van der Waals surface area contributed by atoms with Gasteiger partial charge in [-0.2, -0.15) is 0 Å². The molecule has 724 valence electrons. The van der Waals surface area contributed by atoms with Crippen molar-refractivity contribution in [2.75, 3.05) is 72.5 Å². The first-order valence-electron chi connectivity index (χ1n) is 44.0. The third-order valence-electron chi connectivity index (χ3n) is 22.9. The van der Waals surface area contributed by atoms with E-state index >= 15 is 24.0 Å². The van der Waals surface area contributed by atoms with Crippen LogP contribution in [-0.4, -0.2) is 318 Å². The molecule has 5 heterocycles. The summed E-state index contributed by atoms with van der Waals surface area (Å²) in [4.78, 5) is 290. The minimum absolute atomic E-state index is 0.0135. The van der Waals surface area contributed by atoms with Crippen LogP contribution >= 0.6 is 11.8 Å². The number of benzene rings is 3. The maximum atomic E-state index is 15.7. The number of nitrogens with zero attached hydrogens (tertiary/aromatic N) is 6. The number of aliphatic hydroxyl groups is 1. The molecular weight excluding hydrogens is 1760 g/mol. The van der Waals surface area contributed by atoms with Gasteiger partial charge in [0.1, 0.15) is 72.5 Å². The summed E-state index contributed by atoms with van der Waals surface area (Å²) in [6.07, 6.45) is 4.32. The second-order valence-corrected chi connectivity index (χ2v) is 34.0. The second-order valence-electron chi connectivity index (χ2n) is 33.0. The highest BCUT2D eigenvalue weighted by Crippen LogP contribution is 2.26. The predicted octanol–water partition coefficient (Wildman–Crippen LogP) is -2.97. The summed E-state index contributed by atoms with van der Waals surface area (Å²) in [5.41, 5.74) is 19.4. The number of carboxylic acids is 1. The summed E-state index contributed by atoms with van der Waals surface area (Å²) in [5, 5.41) is 50.9. The number of aliphatic hydroxyl groups excluding tert-OH is 1. The highest BCUT2D eigenvalue weighted by molar-refractivity contribution is 8.00. The number of aliphatic carboxylic acids is 1. The van der Waals surface area contributed by atoms with Gasteiger partial charge in [0, 0.05) is 131 Å². The van der Waals surface area contributed by atoms with E-state index in [4.69, 9.17) is 17.2 Å². The number of carbonyl (C=O) groups is 19. The number of nitrogens with two attached hydrogens (primary N) is 3. The van der Waals surface area contributed by atoms with Crippen molar-refractivity contribution in [3.63, 3.8) is 0 Å². The minimum Gasteiger partial charge on any atom is -0.481 e. The predicted molar refractivity (Wildman–Crippen MR) is 489 cm³/mol. The summed E-state index contributed by atoms with van der Waals surface area (Å²) in [6.45, 7) is 4.43. The zero-order valence-corrected chi connectivity index (χ0v) is 76.4. The Hall–Kier alpha value is -14.3. The fourth-order valence-corrected chi connectivity index (χ4v) is 16.7. The lowest BCUT2D eigenvalue weighted by atomic mass is 10.00. The van der Waals surface area contributed by atoms with Crippen LogP contribution in [0, 0.1) is 0 Å². The van der Waals surface area contributed by atoms with Gasteiger partial charge in [0.05, 0.1) is 44.6 Å². The Kier molecular flexibility index (Phi) is 40.4. The van der Waals surface area contributed by atoms with E-state index in [0.717, 1.165) is 49.4 Å². The molecule has 44 nitrogen and oxygen atoms in total. The van der Waals surface area contributed by atoms with Crippen LogP contribution in [0.25, 0.3) is 21.8 Å². The number of aromatic nitrogens is 4. The molecule has 0 spiro atoms. The average Bonchev–Trinajstić information content (AvgIpc) is 1.18. The molecule has 2 saturated heterocycles. The first kappa shape index (κ1) is 105. The normalized spacial score (nSPS) is 23.2. The molecule has 134 heavy (non-hydrogen) atoms. The number of fused-ring (bicyclic) bond motifs is 3. The Bertz CT molecular complexity index is 5190. The van der Waals surface area contributed by atoms with E-state index in [0.29, 0.717) is 64.2 Å². The maximum Gasteiger partial charge on any atom is 0.312 e. The lowest BCUT2D eigenvalue weighted by Crippen LogP contribution is -2.61. The highest BCUT2D eigenvalue weighted by Gasteiger charge is 2.44. The third-order valence-corrected chi connectivity index (χ3v) is 24.0. The Balaban J connectivity index is 1.19. The molecule has 13 atom stereocenters. The number of thioether (sulfide) groups is 1. The van der Waals surface area contributed by atoms with Gasteiger partial charge in [0.15, 0.2) is 0 Å². The lowest BCUT2D eigenvalue weighted by Gasteiger charge is -2.36. The monoisotopic (exact) mass is 1880 g/mol. The van der Waals surface area contributed by atoms with Crippen LogP contribution in [0.5, 0.6) is 0 Å². The molecule has 0 radical (unpaired) electrons. The maximum absolute atomic E-state index is 15.7. The number of imidazole rings is 1. The van der Waals surface area contributed by atoms with Crippen molar-refractivity contribution >= 4 is 146 Å². The number of unbranched alkanes of at least 4 members (excludes halogenated alkanes) is 2. The Morgan fingerprint density at radius 1 is 0.522 bits per heavy atom. The molecule has 2 aliphatic rings.